The van der Waals surface area contributed by atoms with E-state index in [1.54, 1.807) is 12.1 Å². The molecule has 0 bridgehead atoms. The Hall–Kier alpha value is -1.88. The van der Waals surface area contributed by atoms with E-state index in [9.17, 15) is 4.39 Å². The molecule has 0 fully saturated rings. The molecule has 5 heteroatoms. The molecule has 2 aromatic rings. The first-order valence-corrected chi connectivity index (χ1v) is 6.16. The van der Waals surface area contributed by atoms with Crippen LogP contribution in [-0.4, -0.2) is 28.8 Å². The summed E-state index contributed by atoms with van der Waals surface area (Å²) in [6.07, 6.45) is 1.33. The molecule has 0 saturated heterocycles. The number of ether oxygens (including phenoxy) is 1. The lowest BCUT2D eigenvalue weighted by Gasteiger charge is -2.03. The number of imidazole rings is 1. The number of rotatable bonds is 5. The third-order valence-electron chi connectivity index (χ3n) is 2.93. The van der Waals surface area contributed by atoms with Gasteiger partial charge in [0.25, 0.3) is 0 Å². The number of aromatic nitrogens is 2. The van der Waals surface area contributed by atoms with Crippen LogP contribution in [0.5, 0.6) is 5.75 Å². The Morgan fingerprint density at radius 3 is 2.84 bits per heavy atom. The molecule has 0 atom stereocenters. The first-order valence-electron chi connectivity index (χ1n) is 6.16. The zero-order valence-electron chi connectivity index (χ0n) is 11.0. The number of aryl methyl sites for hydroxylation is 2. The van der Waals surface area contributed by atoms with Crippen molar-refractivity contribution in [1.82, 2.24) is 9.97 Å². The van der Waals surface area contributed by atoms with Crippen LogP contribution in [0.4, 0.5) is 4.39 Å². The van der Waals surface area contributed by atoms with Gasteiger partial charge < -0.3 is 14.8 Å². The summed E-state index contributed by atoms with van der Waals surface area (Å²) in [7, 11) is 1.44. The van der Waals surface area contributed by atoms with Crippen LogP contribution in [0.2, 0.25) is 0 Å². The summed E-state index contributed by atoms with van der Waals surface area (Å²) >= 11 is 0. The van der Waals surface area contributed by atoms with Crippen molar-refractivity contribution in [3.63, 3.8) is 0 Å². The lowest BCUT2D eigenvalue weighted by molar-refractivity contribution is 0.287. The van der Waals surface area contributed by atoms with Crippen molar-refractivity contribution in [2.45, 2.75) is 19.8 Å². The third-order valence-corrected chi connectivity index (χ3v) is 2.93. The van der Waals surface area contributed by atoms with Gasteiger partial charge in [-0.3, -0.25) is 0 Å². The molecule has 0 aliphatic heterocycles. The largest absolute Gasteiger partial charge is 0.494 e. The second-order valence-electron chi connectivity index (χ2n) is 4.33. The van der Waals surface area contributed by atoms with Gasteiger partial charge in [-0.05, 0) is 31.5 Å². The maximum Gasteiger partial charge on any atom is 0.165 e. The van der Waals surface area contributed by atoms with Crippen LogP contribution >= 0.6 is 0 Å². The number of aliphatic hydroxyl groups excluding tert-OH is 1. The molecule has 1 heterocycles. The number of hydrogen-bond acceptors (Lipinski definition) is 3. The second-order valence-corrected chi connectivity index (χ2v) is 4.33. The molecule has 0 unspecified atom stereocenters. The van der Waals surface area contributed by atoms with Crippen molar-refractivity contribution >= 4 is 0 Å². The van der Waals surface area contributed by atoms with Crippen molar-refractivity contribution in [3.05, 3.63) is 35.5 Å². The SMILES string of the molecule is COc1ccc(-c2nc(CCCO)[nH]c2C)cc1F. The lowest BCUT2D eigenvalue weighted by Crippen LogP contribution is -1.92. The van der Waals surface area contributed by atoms with Gasteiger partial charge in [0.05, 0.1) is 12.8 Å². The maximum absolute atomic E-state index is 13.7. The molecule has 1 aromatic heterocycles. The summed E-state index contributed by atoms with van der Waals surface area (Å²) in [6.45, 7) is 2.03. The van der Waals surface area contributed by atoms with E-state index in [1.807, 2.05) is 6.92 Å². The first-order chi connectivity index (χ1) is 9.15. The Labute approximate surface area is 111 Å². The van der Waals surface area contributed by atoms with Crippen molar-refractivity contribution in [1.29, 1.82) is 0 Å². The van der Waals surface area contributed by atoms with Crippen molar-refractivity contribution in [2.24, 2.45) is 0 Å². The normalized spacial score (nSPS) is 10.7. The topological polar surface area (TPSA) is 58.1 Å². The summed E-state index contributed by atoms with van der Waals surface area (Å²) in [5.74, 6) is 0.620. The number of H-pyrrole nitrogens is 1. The van der Waals surface area contributed by atoms with Gasteiger partial charge in [0.1, 0.15) is 5.82 Å². The highest BCUT2D eigenvalue weighted by Gasteiger charge is 2.11. The predicted octanol–water partition coefficient (Wildman–Crippen LogP) is 2.46. The van der Waals surface area contributed by atoms with Crippen molar-refractivity contribution in [3.8, 4) is 17.0 Å². The zero-order valence-corrected chi connectivity index (χ0v) is 11.0. The fourth-order valence-corrected chi connectivity index (χ4v) is 1.98. The molecule has 0 saturated carbocycles. The number of aromatic amines is 1. The van der Waals surface area contributed by atoms with E-state index >= 15 is 0 Å². The molecular formula is C14H17FN2O2. The summed E-state index contributed by atoms with van der Waals surface area (Å²) in [4.78, 5) is 7.59. The van der Waals surface area contributed by atoms with E-state index in [4.69, 9.17) is 9.84 Å². The fraction of sp³-hybridized carbons (Fsp3) is 0.357. The Balaban J connectivity index is 2.30. The Bertz CT molecular complexity index is 567. The Morgan fingerprint density at radius 2 is 2.21 bits per heavy atom. The molecule has 2 N–H and O–H groups in total. The average Bonchev–Trinajstić information content (AvgIpc) is 2.77. The van der Waals surface area contributed by atoms with Gasteiger partial charge in [-0.15, -0.1) is 0 Å². The number of nitrogens with zero attached hydrogens (tertiary/aromatic N) is 1. The summed E-state index contributed by atoms with van der Waals surface area (Å²) < 4.78 is 18.6. The van der Waals surface area contributed by atoms with E-state index in [-0.39, 0.29) is 12.4 Å². The number of methoxy groups -OCH3 is 1. The highest BCUT2D eigenvalue weighted by molar-refractivity contribution is 5.63. The van der Waals surface area contributed by atoms with E-state index in [0.717, 1.165) is 17.2 Å². The van der Waals surface area contributed by atoms with Gasteiger partial charge in [-0.25, -0.2) is 9.37 Å². The second kappa shape index (κ2) is 5.84. The van der Waals surface area contributed by atoms with E-state index in [1.165, 1.54) is 13.2 Å². The van der Waals surface area contributed by atoms with Crippen molar-refractivity contribution < 1.29 is 14.2 Å². The van der Waals surface area contributed by atoms with Crippen LogP contribution in [0.3, 0.4) is 0 Å². The lowest BCUT2D eigenvalue weighted by atomic mass is 10.1. The number of aliphatic hydroxyl groups is 1. The maximum atomic E-state index is 13.7. The monoisotopic (exact) mass is 264 g/mol. The van der Waals surface area contributed by atoms with Crippen LogP contribution in [0, 0.1) is 12.7 Å². The van der Waals surface area contributed by atoms with Gasteiger partial charge in [0.15, 0.2) is 11.6 Å². The molecule has 0 aliphatic rings. The molecule has 102 valence electrons. The van der Waals surface area contributed by atoms with Crippen LogP contribution in [0.25, 0.3) is 11.3 Å². The molecule has 0 spiro atoms. The molecule has 4 nitrogen and oxygen atoms in total. The van der Waals surface area contributed by atoms with Crippen molar-refractivity contribution in [2.75, 3.05) is 13.7 Å². The first kappa shape index (κ1) is 13.5. The quantitative estimate of drug-likeness (QED) is 0.872. The number of hydrogen-bond donors (Lipinski definition) is 2. The van der Waals surface area contributed by atoms with Crippen LogP contribution in [0.1, 0.15) is 17.9 Å². The van der Waals surface area contributed by atoms with E-state index in [2.05, 4.69) is 9.97 Å². The van der Waals surface area contributed by atoms with Crippen LogP contribution in [-0.2, 0) is 6.42 Å². The zero-order chi connectivity index (χ0) is 13.8. The van der Waals surface area contributed by atoms with E-state index < -0.39 is 5.82 Å². The van der Waals surface area contributed by atoms with Crippen LogP contribution in [0.15, 0.2) is 18.2 Å². The Morgan fingerprint density at radius 1 is 1.42 bits per heavy atom. The highest BCUT2D eigenvalue weighted by atomic mass is 19.1. The van der Waals surface area contributed by atoms with E-state index in [0.29, 0.717) is 18.4 Å². The summed E-state index contributed by atoms with van der Waals surface area (Å²) in [5.41, 5.74) is 2.33. The van der Waals surface area contributed by atoms with Gasteiger partial charge >= 0.3 is 0 Å². The molecule has 2 rings (SSSR count). The molecule has 1 aromatic carbocycles. The van der Waals surface area contributed by atoms with Gasteiger partial charge in [-0.2, -0.15) is 0 Å². The van der Waals surface area contributed by atoms with Crippen LogP contribution < -0.4 is 4.74 Å². The number of halogens is 1. The molecule has 19 heavy (non-hydrogen) atoms. The molecule has 0 amide bonds. The minimum absolute atomic E-state index is 0.131. The summed E-state index contributed by atoms with van der Waals surface area (Å²) in [6, 6.07) is 4.78. The highest BCUT2D eigenvalue weighted by Crippen LogP contribution is 2.26. The predicted molar refractivity (Wildman–Crippen MR) is 70.7 cm³/mol. The van der Waals surface area contributed by atoms with Gasteiger partial charge in [0, 0.05) is 24.3 Å². The number of benzene rings is 1. The van der Waals surface area contributed by atoms with Gasteiger partial charge in [-0.1, -0.05) is 0 Å². The van der Waals surface area contributed by atoms with Gasteiger partial charge in [0.2, 0.25) is 0 Å². The standard InChI is InChI=1S/C14H17FN2O2/c1-9-14(17-13(16-9)4-3-7-18)10-5-6-12(19-2)11(15)8-10/h5-6,8,18H,3-4,7H2,1-2H3,(H,16,17). The molecular weight excluding hydrogens is 247 g/mol. The number of nitrogens with one attached hydrogen (secondary N) is 1. The minimum Gasteiger partial charge on any atom is -0.494 e. The third kappa shape index (κ3) is 2.93. The molecule has 0 aliphatic carbocycles. The summed E-state index contributed by atoms with van der Waals surface area (Å²) in [5, 5.41) is 8.81. The Kier molecular flexibility index (Phi) is 4.16. The molecule has 0 radical (unpaired) electrons. The smallest absolute Gasteiger partial charge is 0.165 e. The fourth-order valence-electron chi connectivity index (χ4n) is 1.98. The minimum atomic E-state index is -0.403. The average molecular weight is 264 g/mol.